The fourth-order valence-electron chi connectivity index (χ4n) is 7.56. The molecule has 188 valence electrons. The van der Waals surface area contributed by atoms with Gasteiger partial charge in [0.15, 0.2) is 0 Å². The van der Waals surface area contributed by atoms with E-state index in [1.165, 1.54) is 24.8 Å². The van der Waals surface area contributed by atoms with Crippen molar-refractivity contribution in [1.82, 2.24) is 6.15 Å². The topological polar surface area (TPSA) is 163 Å². The molecule has 32 heavy (non-hydrogen) atoms. The summed E-state index contributed by atoms with van der Waals surface area (Å²) < 4.78 is 0. The minimum Gasteiger partial charge on any atom is -0.550 e. The van der Waals surface area contributed by atoms with E-state index in [0.29, 0.717) is 43.1 Å². The van der Waals surface area contributed by atoms with Crippen molar-refractivity contribution in [3.63, 3.8) is 0 Å². The first-order valence-electron chi connectivity index (χ1n) is 12.0. The minimum atomic E-state index is -1.08. The number of hydrogen-bond acceptors (Lipinski definition) is 6. The van der Waals surface area contributed by atoms with E-state index in [0.717, 1.165) is 19.8 Å². The number of aliphatic carboxylic acids is 1. The molecule has 3 unspecified atom stereocenters. The van der Waals surface area contributed by atoms with Crippen molar-refractivity contribution in [2.75, 3.05) is 13.2 Å². The highest BCUT2D eigenvalue weighted by molar-refractivity contribution is 5.60. The Kier molecular flexibility index (Phi) is 10.4. The third-order valence-corrected chi connectivity index (χ3v) is 9.28. The molecule has 3 aliphatic carbocycles. The zero-order chi connectivity index (χ0) is 23.6. The summed E-state index contributed by atoms with van der Waals surface area (Å²) in [6, 6.07) is 0. The number of carbonyl (C=O) groups excluding carboxylic acids is 1. The molecule has 3 rings (SSSR count). The molecule has 0 spiro atoms. The van der Waals surface area contributed by atoms with Gasteiger partial charge < -0.3 is 37.1 Å². The maximum absolute atomic E-state index is 10.4. The van der Waals surface area contributed by atoms with Crippen LogP contribution in [0.25, 0.3) is 0 Å². The number of rotatable bonds is 5. The zero-order valence-electron chi connectivity index (χ0n) is 20.8. The van der Waals surface area contributed by atoms with E-state index >= 15 is 0 Å². The third-order valence-electron chi connectivity index (χ3n) is 9.28. The van der Waals surface area contributed by atoms with E-state index in [-0.39, 0.29) is 29.5 Å². The van der Waals surface area contributed by atoms with Crippen LogP contribution >= 0.6 is 0 Å². The molecule has 9 N–H and O–H groups in total. The first-order chi connectivity index (χ1) is 14.5. The van der Waals surface area contributed by atoms with Crippen molar-refractivity contribution >= 4 is 5.97 Å². The summed E-state index contributed by atoms with van der Waals surface area (Å²) in [6.45, 7) is 13.0. The molecule has 0 amide bonds. The predicted octanol–water partition coefficient (Wildman–Crippen LogP) is 2.23. The number of nitrogens with two attached hydrogens (primary N) is 1. The van der Waals surface area contributed by atoms with E-state index in [2.05, 4.69) is 27.4 Å². The van der Waals surface area contributed by atoms with Crippen LogP contribution in [-0.2, 0) is 4.79 Å². The van der Waals surface area contributed by atoms with Crippen LogP contribution in [0, 0.1) is 40.4 Å². The molecule has 3 fully saturated rings. The highest BCUT2D eigenvalue weighted by Crippen LogP contribution is 2.64. The second-order valence-electron chi connectivity index (χ2n) is 10.8. The lowest BCUT2D eigenvalue weighted by molar-refractivity contribution is -0.302. The first-order valence-corrected chi connectivity index (χ1v) is 12.0. The van der Waals surface area contributed by atoms with Gasteiger partial charge in [-0.05, 0) is 98.8 Å². The lowest BCUT2D eigenvalue weighted by Gasteiger charge is -2.57. The second-order valence-corrected chi connectivity index (χ2v) is 10.8. The highest BCUT2D eigenvalue weighted by atomic mass is 16.4. The predicted molar refractivity (Wildman–Crippen MR) is 126 cm³/mol. The third kappa shape index (κ3) is 5.39. The second kappa shape index (κ2) is 11.4. The molecule has 7 heteroatoms. The Balaban J connectivity index is 0.000000945. The zero-order valence-corrected chi connectivity index (χ0v) is 20.8. The number of fused-ring (bicyclic) bond motifs is 1. The molecule has 0 saturated heterocycles. The number of aliphatic hydroxyl groups excluding tert-OH is 3. The average Bonchev–Trinajstić information content (AvgIpc) is 3.06. The van der Waals surface area contributed by atoms with Crippen LogP contribution in [0.15, 0.2) is 12.2 Å². The number of carboxylic acid groups (broad SMARTS) is 1. The lowest BCUT2D eigenvalue weighted by atomic mass is 9.48. The summed E-state index contributed by atoms with van der Waals surface area (Å²) in [7, 11) is 0. The van der Waals surface area contributed by atoms with E-state index < -0.39 is 18.2 Å². The van der Waals surface area contributed by atoms with Crippen LogP contribution in [0.3, 0.4) is 0 Å². The van der Waals surface area contributed by atoms with Gasteiger partial charge in [0.1, 0.15) is 0 Å². The summed E-state index contributed by atoms with van der Waals surface area (Å²) in [5.41, 5.74) is 7.89. The molecular formula is C25H48N2O5. The molecule has 0 bridgehead atoms. The van der Waals surface area contributed by atoms with Crippen molar-refractivity contribution in [3.05, 3.63) is 12.2 Å². The summed E-state index contributed by atoms with van der Waals surface area (Å²) in [4.78, 5) is 8.89. The molecule has 0 aromatic rings. The smallest absolute Gasteiger partial charge is 0.0804 e. The Morgan fingerprint density at radius 1 is 1.12 bits per heavy atom. The quantitative estimate of drug-likeness (QED) is 0.398. The summed E-state index contributed by atoms with van der Waals surface area (Å²) in [6.07, 6.45) is 5.39. The van der Waals surface area contributed by atoms with E-state index in [1.807, 2.05) is 0 Å². The number of carboxylic acids is 1. The Morgan fingerprint density at radius 3 is 2.19 bits per heavy atom. The fourth-order valence-corrected chi connectivity index (χ4v) is 7.56. The number of hydrogen-bond donors (Lipinski definition) is 5. The molecular weight excluding hydrogens is 408 g/mol. The van der Waals surface area contributed by atoms with Crippen LogP contribution in [0.2, 0.25) is 0 Å². The molecule has 0 radical (unpaired) electrons. The molecule has 0 aromatic heterocycles. The Bertz CT molecular complexity index is 640. The molecule has 0 aliphatic heterocycles. The van der Waals surface area contributed by atoms with Gasteiger partial charge in [0.2, 0.25) is 0 Å². The van der Waals surface area contributed by atoms with Crippen molar-refractivity contribution in [3.8, 4) is 0 Å². The Labute approximate surface area is 194 Å². The standard InChI is InChI=1S/C23H41NO3.C2H4O2.H3N/c1-5-14(2)17-6-7-18-16(12-24)19(8-9-22(17,18)3)23(4)11-21(27)20(26)10-15(23)13-25;1-2(3)4;/h15-21,25-27H,2,5-13,24H2,1,3-4H3;1H3,(H,3,4);1H3/t15-,16-,17?,18?,19?,20+,21-,22+,23+;;/m1../s1. The lowest BCUT2D eigenvalue weighted by Crippen LogP contribution is -2.56. The Hall–Kier alpha value is -0.990. The maximum atomic E-state index is 10.4. The van der Waals surface area contributed by atoms with Gasteiger partial charge in [0.25, 0.3) is 0 Å². The van der Waals surface area contributed by atoms with Gasteiger partial charge in [-0.15, -0.1) is 0 Å². The van der Waals surface area contributed by atoms with Crippen LogP contribution < -0.4 is 17.0 Å². The maximum Gasteiger partial charge on any atom is 0.0804 e. The van der Waals surface area contributed by atoms with E-state index in [9.17, 15) is 15.3 Å². The summed E-state index contributed by atoms with van der Waals surface area (Å²) in [5.74, 6) is 0.952. The number of aliphatic hydroxyl groups is 3. The normalized spacial score (nSPS) is 43.3. The average molecular weight is 457 g/mol. The van der Waals surface area contributed by atoms with E-state index in [1.54, 1.807) is 0 Å². The monoisotopic (exact) mass is 456 g/mol. The van der Waals surface area contributed by atoms with Crippen LogP contribution in [0.1, 0.15) is 72.6 Å². The highest BCUT2D eigenvalue weighted by Gasteiger charge is 2.59. The molecule has 7 nitrogen and oxygen atoms in total. The van der Waals surface area contributed by atoms with Gasteiger partial charge in [0.05, 0.1) is 12.2 Å². The van der Waals surface area contributed by atoms with Gasteiger partial charge in [-0.2, -0.15) is 0 Å². The van der Waals surface area contributed by atoms with Gasteiger partial charge in [-0.25, -0.2) is 0 Å². The Morgan fingerprint density at radius 2 is 1.69 bits per heavy atom. The van der Waals surface area contributed by atoms with Crippen molar-refractivity contribution in [2.45, 2.75) is 84.8 Å². The van der Waals surface area contributed by atoms with Gasteiger partial charge >= 0.3 is 0 Å². The van der Waals surface area contributed by atoms with Crippen molar-refractivity contribution < 1.29 is 25.2 Å². The number of quaternary nitrogens is 1. The van der Waals surface area contributed by atoms with Crippen LogP contribution in [-0.4, -0.2) is 46.6 Å². The SMILES string of the molecule is C=C(CC)C1CCC2[C@@H](CN)C([C@@]3(C)C[C@@H](O)[C@@H](O)C[C@@H]3CO)CC[C@@]12C.CC(=O)[O-].[NH4+]. The minimum absolute atomic E-state index is 0. The number of carbonyl (C=O) groups is 1. The molecule has 3 aliphatic rings. The largest absolute Gasteiger partial charge is 0.550 e. The number of allylic oxidation sites excluding steroid dienone is 1. The fraction of sp³-hybridized carbons (Fsp3) is 0.880. The van der Waals surface area contributed by atoms with Crippen molar-refractivity contribution in [1.29, 1.82) is 0 Å². The molecule has 3 saturated carbocycles. The van der Waals surface area contributed by atoms with Crippen LogP contribution in [0.5, 0.6) is 0 Å². The van der Waals surface area contributed by atoms with Gasteiger partial charge in [-0.3, -0.25) is 0 Å². The van der Waals surface area contributed by atoms with E-state index in [4.69, 9.17) is 15.6 Å². The van der Waals surface area contributed by atoms with Crippen LogP contribution in [0.4, 0.5) is 0 Å². The van der Waals surface area contributed by atoms with Crippen molar-refractivity contribution in [2.24, 2.45) is 46.2 Å². The first kappa shape index (κ1) is 29.0. The van der Waals surface area contributed by atoms with Gasteiger partial charge in [0, 0.05) is 12.6 Å². The van der Waals surface area contributed by atoms with Gasteiger partial charge in [-0.1, -0.05) is 32.9 Å². The molecule has 9 atom stereocenters. The molecule has 0 heterocycles. The summed E-state index contributed by atoms with van der Waals surface area (Å²) in [5, 5.41) is 39.5. The summed E-state index contributed by atoms with van der Waals surface area (Å²) >= 11 is 0. The molecule has 0 aromatic carbocycles.